The molecule has 1 aromatic rings. The highest BCUT2D eigenvalue weighted by Crippen LogP contribution is 2.14. The smallest absolute Gasteiger partial charge is 0.228 e. The summed E-state index contributed by atoms with van der Waals surface area (Å²) in [7, 11) is 0. The highest BCUT2D eigenvalue weighted by atomic mass is 16.5. The minimum atomic E-state index is 0.0125. The van der Waals surface area contributed by atoms with Crippen LogP contribution in [0.15, 0.2) is 22.7 Å². The first-order valence-electron chi connectivity index (χ1n) is 6.31. The quantitative estimate of drug-likeness (QED) is 0.603. The summed E-state index contributed by atoms with van der Waals surface area (Å²) in [5.41, 5.74) is 0.323. The van der Waals surface area contributed by atoms with Crippen LogP contribution in [0.25, 0.3) is 0 Å². The molecule has 0 N–H and O–H groups in total. The van der Waals surface area contributed by atoms with E-state index in [0.29, 0.717) is 24.4 Å². The second kappa shape index (κ2) is 6.79. The fourth-order valence-electron chi connectivity index (χ4n) is 1.36. The minimum Gasteiger partial charge on any atom is -0.338 e. The molecule has 1 heterocycles. The van der Waals surface area contributed by atoms with Crippen LogP contribution in [0.2, 0.25) is 0 Å². The number of allylic oxidation sites excluding steroid dienone is 1. The second-order valence-electron chi connectivity index (χ2n) is 5.17. The van der Waals surface area contributed by atoms with Crippen molar-refractivity contribution >= 4 is 12.2 Å². The van der Waals surface area contributed by atoms with Crippen molar-refractivity contribution in [3.8, 4) is 11.8 Å². The van der Waals surface area contributed by atoms with Crippen LogP contribution >= 0.6 is 0 Å². The number of likely N-dealkylation sites (N-methyl/N-ethyl adjacent to an activating group) is 1. The van der Waals surface area contributed by atoms with Gasteiger partial charge in [0.25, 0.3) is 0 Å². The molecule has 0 amide bonds. The van der Waals surface area contributed by atoms with Crippen molar-refractivity contribution in [1.82, 2.24) is 5.16 Å². The van der Waals surface area contributed by atoms with Gasteiger partial charge in [0.1, 0.15) is 5.69 Å². The number of rotatable bonds is 5. The molecule has 0 radical (unpaired) electrons. The molecule has 0 saturated carbocycles. The van der Waals surface area contributed by atoms with Crippen molar-refractivity contribution in [2.75, 3.05) is 18.0 Å². The van der Waals surface area contributed by atoms with Crippen molar-refractivity contribution in [1.29, 1.82) is 0 Å². The molecule has 0 aromatic carbocycles. The van der Waals surface area contributed by atoms with Crippen molar-refractivity contribution in [2.24, 2.45) is 5.41 Å². The van der Waals surface area contributed by atoms with Gasteiger partial charge in [0, 0.05) is 24.6 Å². The van der Waals surface area contributed by atoms with Crippen molar-refractivity contribution in [2.45, 2.75) is 27.7 Å². The Morgan fingerprint density at radius 3 is 2.74 bits per heavy atom. The second-order valence-corrected chi connectivity index (χ2v) is 5.17. The standard InChI is InChI=1S/C15H20N2O2/c1-5-17(14-11-13(12-18)16-19-14)10-8-6-7-9-15(2,3)4/h6,8,11-12H,5,10H2,1-4H3/b8-6+. The van der Waals surface area contributed by atoms with E-state index in [4.69, 9.17) is 4.52 Å². The van der Waals surface area contributed by atoms with Gasteiger partial charge < -0.3 is 9.42 Å². The van der Waals surface area contributed by atoms with Gasteiger partial charge in [-0.2, -0.15) is 0 Å². The topological polar surface area (TPSA) is 46.3 Å². The molecule has 0 bridgehead atoms. The molecule has 4 nitrogen and oxygen atoms in total. The van der Waals surface area contributed by atoms with Crippen LogP contribution in [0.3, 0.4) is 0 Å². The molecule has 102 valence electrons. The number of anilines is 1. The Hall–Kier alpha value is -2.02. The average molecular weight is 260 g/mol. The van der Waals surface area contributed by atoms with Gasteiger partial charge in [-0.1, -0.05) is 23.1 Å². The minimum absolute atomic E-state index is 0.0125. The molecule has 0 aliphatic rings. The fraction of sp³-hybridized carbons (Fsp3) is 0.467. The van der Waals surface area contributed by atoms with Gasteiger partial charge in [-0.05, 0) is 33.8 Å². The summed E-state index contributed by atoms with van der Waals surface area (Å²) in [6.07, 6.45) is 4.47. The third kappa shape index (κ3) is 5.43. The summed E-state index contributed by atoms with van der Waals surface area (Å²) in [6.45, 7) is 9.66. The van der Waals surface area contributed by atoms with Gasteiger partial charge in [-0.3, -0.25) is 4.79 Å². The van der Waals surface area contributed by atoms with Crippen LogP contribution in [0.5, 0.6) is 0 Å². The molecule has 1 aromatic heterocycles. The number of aromatic nitrogens is 1. The number of hydrogen-bond acceptors (Lipinski definition) is 4. The van der Waals surface area contributed by atoms with Crippen LogP contribution in [0.1, 0.15) is 38.2 Å². The maximum absolute atomic E-state index is 10.6. The zero-order chi connectivity index (χ0) is 14.3. The van der Waals surface area contributed by atoms with E-state index in [1.54, 1.807) is 6.07 Å². The molecule has 0 aliphatic carbocycles. The van der Waals surface area contributed by atoms with E-state index in [1.165, 1.54) is 0 Å². The molecular weight excluding hydrogens is 240 g/mol. The number of carbonyl (C=O) groups is 1. The molecule has 19 heavy (non-hydrogen) atoms. The van der Waals surface area contributed by atoms with E-state index in [1.807, 2.05) is 24.0 Å². The summed E-state index contributed by atoms with van der Waals surface area (Å²) < 4.78 is 5.09. The highest BCUT2D eigenvalue weighted by Gasteiger charge is 2.09. The van der Waals surface area contributed by atoms with Crippen molar-refractivity contribution in [3.05, 3.63) is 23.9 Å². The van der Waals surface area contributed by atoms with Gasteiger partial charge in [-0.25, -0.2) is 0 Å². The number of hydrogen-bond donors (Lipinski definition) is 0. The van der Waals surface area contributed by atoms with E-state index in [-0.39, 0.29) is 5.41 Å². The molecule has 0 aliphatic heterocycles. The number of nitrogens with zero attached hydrogens (tertiary/aromatic N) is 2. The normalized spacial score (nSPS) is 11.2. The lowest BCUT2D eigenvalue weighted by Gasteiger charge is -2.15. The van der Waals surface area contributed by atoms with Crippen molar-refractivity contribution < 1.29 is 9.32 Å². The monoisotopic (exact) mass is 260 g/mol. The lowest BCUT2D eigenvalue weighted by Crippen LogP contribution is -2.21. The van der Waals surface area contributed by atoms with Crippen LogP contribution in [-0.4, -0.2) is 24.5 Å². The van der Waals surface area contributed by atoms with E-state index >= 15 is 0 Å². The van der Waals surface area contributed by atoms with Gasteiger partial charge in [0.05, 0.1) is 0 Å². The van der Waals surface area contributed by atoms with Crippen LogP contribution < -0.4 is 4.90 Å². The van der Waals surface area contributed by atoms with Crippen molar-refractivity contribution in [3.63, 3.8) is 0 Å². The molecule has 0 fully saturated rings. The fourth-order valence-corrected chi connectivity index (χ4v) is 1.36. The lowest BCUT2D eigenvalue weighted by molar-refractivity contribution is 0.111. The summed E-state index contributed by atoms with van der Waals surface area (Å²) in [6, 6.07) is 1.63. The summed E-state index contributed by atoms with van der Waals surface area (Å²) in [5, 5.41) is 3.64. The Morgan fingerprint density at radius 2 is 2.21 bits per heavy atom. The maximum Gasteiger partial charge on any atom is 0.228 e. The molecule has 1 rings (SSSR count). The zero-order valence-electron chi connectivity index (χ0n) is 11.9. The van der Waals surface area contributed by atoms with Gasteiger partial charge in [0.15, 0.2) is 6.29 Å². The largest absolute Gasteiger partial charge is 0.338 e. The average Bonchev–Trinajstić information content (AvgIpc) is 2.81. The first-order valence-corrected chi connectivity index (χ1v) is 6.31. The Balaban J connectivity index is 2.60. The molecular formula is C15H20N2O2. The van der Waals surface area contributed by atoms with E-state index in [2.05, 4.69) is 37.8 Å². The third-order valence-corrected chi connectivity index (χ3v) is 2.30. The van der Waals surface area contributed by atoms with Gasteiger partial charge >= 0.3 is 0 Å². The maximum atomic E-state index is 10.6. The predicted octanol–water partition coefficient (Wildman–Crippen LogP) is 2.92. The molecule has 0 saturated heterocycles. The molecule has 0 spiro atoms. The third-order valence-electron chi connectivity index (χ3n) is 2.30. The first kappa shape index (κ1) is 15.0. The summed E-state index contributed by atoms with van der Waals surface area (Å²) in [5.74, 6) is 6.74. The van der Waals surface area contributed by atoms with Crippen LogP contribution in [0, 0.1) is 17.3 Å². The molecule has 0 unspecified atom stereocenters. The van der Waals surface area contributed by atoms with Gasteiger partial charge in [0.2, 0.25) is 5.88 Å². The molecule has 0 atom stereocenters. The van der Waals surface area contributed by atoms with E-state index < -0.39 is 0 Å². The van der Waals surface area contributed by atoms with Crippen LogP contribution in [-0.2, 0) is 0 Å². The molecule has 4 heteroatoms. The van der Waals surface area contributed by atoms with E-state index in [0.717, 1.165) is 6.54 Å². The summed E-state index contributed by atoms with van der Waals surface area (Å²) >= 11 is 0. The Labute approximate surface area is 114 Å². The zero-order valence-corrected chi connectivity index (χ0v) is 11.9. The number of carbonyl (C=O) groups excluding carboxylic acids is 1. The van der Waals surface area contributed by atoms with Crippen LogP contribution in [0.4, 0.5) is 5.88 Å². The SMILES string of the molecule is CCN(C/C=C/C#CC(C)(C)C)c1cc(C=O)no1. The lowest BCUT2D eigenvalue weighted by atomic mass is 9.98. The Kier molecular flexibility index (Phi) is 5.37. The Bertz CT molecular complexity index is 498. The highest BCUT2D eigenvalue weighted by molar-refractivity contribution is 5.72. The Morgan fingerprint density at radius 1 is 1.47 bits per heavy atom. The van der Waals surface area contributed by atoms with E-state index in [9.17, 15) is 4.79 Å². The van der Waals surface area contributed by atoms with Gasteiger partial charge in [-0.15, -0.1) is 0 Å². The number of aldehydes is 1. The predicted molar refractivity (Wildman–Crippen MR) is 76.1 cm³/mol. The summed E-state index contributed by atoms with van der Waals surface area (Å²) in [4.78, 5) is 12.5. The first-order chi connectivity index (χ1) is 8.96.